The van der Waals surface area contributed by atoms with E-state index in [0.717, 1.165) is 27.5 Å². The topological polar surface area (TPSA) is 59.8 Å². The van der Waals surface area contributed by atoms with Gasteiger partial charge in [0.1, 0.15) is 11.4 Å². The molecule has 0 fully saturated rings. The fraction of sp³-hybridized carbons (Fsp3) is 0.136. The van der Waals surface area contributed by atoms with Crippen LogP contribution in [0.4, 0.5) is 0 Å². The van der Waals surface area contributed by atoms with Crippen molar-refractivity contribution in [1.29, 1.82) is 0 Å². The predicted octanol–water partition coefficient (Wildman–Crippen LogP) is 4.28. The first-order valence-corrected chi connectivity index (χ1v) is 9.98. The lowest BCUT2D eigenvalue weighted by Crippen LogP contribution is -2.28. The molecule has 4 aromatic rings. The number of benzene rings is 1. The van der Waals surface area contributed by atoms with Crippen LogP contribution in [0.2, 0.25) is 0 Å². The van der Waals surface area contributed by atoms with E-state index in [1.54, 1.807) is 22.2 Å². The molecule has 1 N–H and O–H groups in total. The minimum atomic E-state index is -0.146. The number of rotatable bonds is 6. The summed E-state index contributed by atoms with van der Waals surface area (Å²) < 4.78 is 1.71. The van der Waals surface area contributed by atoms with Crippen LogP contribution in [0.5, 0.6) is 0 Å². The van der Waals surface area contributed by atoms with Crippen molar-refractivity contribution in [3.05, 3.63) is 89.2 Å². The first kappa shape index (κ1) is 18.1. The van der Waals surface area contributed by atoms with Gasteiger partial charge >= 0.3 is 0 Å². The molecular formula is C22H20N4OS. The third-order valence-electron chi connectivity index (χ3n) is 4.39. The van der Waals surface area contributed by atoms with Gasteiger partial charge in [0.2, 0.25) is 0 Å². The average molecular weight is 388 g/mol. The highest BCUT2D eigenvalue weighted by Crippen LogP contribution is 2.26. The van der Waals surface area contributed by atoms with Gasteiger partial charge in [-0.1, -0.05) is 29.8 Å². The maximum Gasteiger partial charge on any atom is 0.270 e. The minimum absolute atomic E-state index is 0.146. The molecule has 0 bridgehead atoms. The summed E-state index contributed by atoms with van der Waals surface area (Å²) in [5, 5.41) is 9.69. The number of nitrogens with one attached hydrogen (secondary N) is 1. The zero-order valence-electron chi connectivity index (χ0n) is 15.5. The number of amides is 1. The Morgan fingerprint density at radius 1 is 1.11 bits per heavy atom. The van der Waals surface area contributed by atoms with Crippen LogP contribution in [0, 0.1) is 6.92 Å². The molecule has 0 saturated heterocycles. The number of carbonyl (C=O) groups is 1. The summed E-state index contributed by atoms with van der Waals surface area (Å²) in [5.41, 5.74) is 4.30. The van der Waals surface area contributed by atoms with Gasteiger partial charge in [0.05, 0.1) is 10.6 Å². The van der Waals surface area contributed by atoms with Crippen LogP contribution in [0.15, 0.2) is 72.2 Å². The molecule has 1 aromatic carbocycles. The quantitative estimate of drug-likeness (QED) is 0.536. The number of aryl methyl sites for hydroxylation is 1. The lowest BCUT2D eigenvalue weighted by atomic mass is 10.2. The second-order valence-electron chi connectivity index (χ2n) is 6.47. The Kier molecular flexibility index (Phi) is 5.30. The molecule has 0 aliphatic heterocycles. The lowest BCUT2D eigenvalue weighted by Gasteiger charge is -2.08. The summed E-state index contributed by atoms with van der Waals surface area (Å²) >= 11 is 1.61. The Labute approximate surface area is 167 Å². The molecule has 5 nitrogen and oxygen atoms in total. The van der Waals surface area contributed by atoms with Gasteiger partial charge in [-0.25, -0.2) is 4.68 Å². The molecule has 0 unspecified atom stereocenters. The zero-order valence-corrected chi connectivity index (χ0v) is 16.3. The van der Waals surface area contributed by atoms with Crippen molar-refractivity contribution in [1.82, 2.24) is 20.1 Å². The summed E-state index contributed by atoms with van der Waals surface area (Å²) in [7, 11) is 0. The molecule has 1 amide bonds. The summed E-state index contributed by atoms with van der Waals surface area (Å²) in [6.45, 7) is 2.55. The third kappa shape index (κ3) is 4.02. The standard InChI is InChI=1S/C22H20N4OS/c1-16-7-9-18(10-8-16)26-20(15-19(25-26)21-6-4-14-28-21)22(27)24-13-11-17-5-2-3-12-23-17/h2-10,12,14-15H,11,13H2,1H3,(H,24,27). The first-order chi connectivity index (χ1) is 13.7. The first-order valence-electron chi connectivity index (χ1n) is 9.10. The molecule has 0 saturated carbocycles. The molecule has 0 atom stereocenters. The van der Waals surface area contributed by atoms with Gasteiger partial charge < -0.3 is 5.32 Å². The summed E-state index contributed by atoms with van der Waals surface area (Å²) in [4.78, 5) is 18.2. The van der Waals surface area contributed by atoms with Crippen molar-refractivity contribution >= 4 is 17.2 Å². The predicted molar refractivity (Wildman–Crippen MR) is 112 cm³/mol. The second kappa shape index (κ2) is 8.19. The number of pyridine rings is 1. The number of carbonyl (C=O) groups excluding carboxylic acids is 1. The van der Waals surface area contributed by atoms with Gasteiger partial charge in [0.15, 0.2) is 0 Å². The van der Waals surface area contributed by atoms with E-state index < -0.39 is 0 Å². The van der Waals surface area contributed by atoms with Crippen LogP contribution < -0.4 is 5.32 Å². The van der Waals surface area contributed by atoms with E-state index in [-0.39, 0.29) is 5.91 Å². The molecule has 0 aliphatic carbocycles. The maximum absolute atomic E-state index is 12.9. The van der Waals surface area contributed by atoms with E-state index in [0.29, 0.717) is 18.7 Å². The third-order valence-corrected chi connectivity index (χ3v) is 5.28. The van der Waals surface area contributed by atoms with Crippen molar-refractivity contribution in [2.75, 3.05) is 6.54 Å². The van der Waals surface area contributed by atoms with E-state index >= 15 is 0 Å². The van der Waals surface area contributed by atoms with Gasteiger partial charge in [-0.3, -0.25) is 9.78 Å². The fourth-order valence-corrected chi connectivity index (χ4v) is 3.59. The molecule has 6 heteroatoms. The molecular weight excluding hydrogens is 368 g/mol. The van der Waals surface area contributed by atoms with Crippen LogP contribution >= 0.6 is 11.3 Å². The van der Waals surface area contributed by atoms with Gasteiger partial charge in [0, 0.05) is 24.9 Å². The van der Waals surface area contributed by atoms with Gasteiger partial charge in [-0.05, 0) is 48.7 Å². The summed E-state index contributed by atoms with van der Waals surface area (Å²) in [5.74, 6) is -0.146. The maximum atomic E-state index is 12.9. The largest absolute Gasteiger partial charge is 0.350 e. The second-order valence-corrected chi connectivity index (χ2v) is 7.41. The number of thiophene rings is 1. The number of aromatic nitrogens is 3. The van der Waals surface area contributed by atoms with Crippen molar-refractivity contribution in [3.63, 3.8) is 0 Å². The van der Waals surface area contributed by atoms with Crippen molar-refractivity contribution in [3.8, 4) is 16.3 Å². The Morgan fingerprint density at radius 2 is 1.96 bits per heavy atom. The average Bonchev–Trinajstić information content (AvgIpc) is 3.39. The summed E-state index contributed by atoms with van der Waals surface area (Å²) in [6, 6.07) is 19.6. The SMILES string of the molecule is Cc1ccc(-n2nc(-c3cccs3)cc2C(=O)NCCc2ccccn2)cc1. The normalized spacial score (nSPS) is 10.8. The Balaban J connectivity index is 1.58. The summed E-state index contributed by atoms with van der Waals surface area (Å²) in [6.07, 6.45) is 2.44. The molecule has 3 aromatic heterocycles. The van der Waals surface area contributed by atoms with E-state index in [2.05, 4.69) is 10.3 Å². The van der Waals surface area contributed by atoms with E-state index in [1.807, 2.05) is 73.0 Å². The van der Waals surface area contributed by atoms with Gasteiger partial charge in [-0.15, -0.1) is 11.3 Å². The molecule has 3 heterocycles. The van der Waals surface area contributed by atoms with Crippen LogP contribution in [0.25, 0.3) is 16.3 Å². The Bertz CT molecular complexity index is 1050. The highest BCUT2D eigenvalue weighted by atomic mass is 32.1. The number of hydrogen-bond donors (Lipinski definition) is 1. The van der Waals surface area contributed by atoms with Crippen LogP contribution in [-0.2, 0) is 6.42 Å². The molecule has 140 valence electrons. The van der Waals surface area contributed by atoms with Crippen molar-refractivity contribution < 1.29 is 4.79 Å². The van der Waals surface area contributed by atoms with Crippen LogP contribution in [-0.4, -0.2) is 27.2 Å². The Morgan fingerprint density at radius 3 is 2.68 bits per heavy atom. The van der Waals surface area contributed by atoms with Gasteiger partial charge in [-0.2, -0.15) is 5.10 Å². The fourth-order valence-electron chi connectivity index (χ4n) is 2.91. The van der Waals surface area contributed by atoms with Gasteiger partial charge in [0.25, 0.3) is 5.91 Å². The molecule has 0 aliphatic rings. The van der Waals surface area contributed by atoms with E-state index in [4.69, 9.17) is 5.10 Å². The molecule has 0 spiro atoms. The minimum Gasteiger partial charge on any atom is -0.350 e. The van der Waals surface area contributed by atoms with Crippen molar-refractivity contribution in [2.24, 2.45) is 0 Å². The number of nitrogens with zero attached hydrogens (tertiary/aromatic N) is 3. The smallest absolute Gasteiger partial charge is 0.270 e. The van der Waals surface area contributed by atoms with Crippen molar-refractivity contribution in [2.45, 2.75) is 13.3 Å². The zero-order chi connectivity index (χ0) is 19.3. The van der Waals surface area contributed by atoms with Crippen LogP contribution in [0.3, 0.4) is 0 Å². The molecule has 0 radical (unpaired) electrons. The highest BCUT2D eigenvalue weighted by Gasteiger charge is 2.18. The highest BCUT2D eigenvalue weighted by molar-refractivity contribution is 7.13. The monoisotopic (exact) mass is 388 g/mol. The lowest BCUT2D eigenvalue weighted by molar-refractivity contribution is 0.0946. The number of hydrogen-bond acceptors (Lipinski definition) is 4. The molecule has 4 rings (SSSR count). The van der Waals surface area contributed by atoms with E-state index in [9.17, 15) is 4.79 Å². The Hall–Kier alpha value is -3.25. The van der Waals surface area contributed by atoms with E-state index in [1.165, 1.54) is 0 Å². The van der Waals surface area contributed by atoms with Crippen LogP contribution in [0.1, 0.15) is 21.7 Å². The molecule has 28 heavy (non-hydrogen) atoms.